The number of hydrogen-bond acceptors (Lipinski definition) is 3. The Morgan fingerprint density at radius 2 is 2.00 bits per heavy atom. The average Bonchev–Trinajstić information content (AvgIpc) is 3.11. The second-order valence-corrected chi connectivity index (χ2v) is 9.05. The molecule has 5 rings (SSSR count). The zero-order valence-electron chi connectivity index (χ0n) is 17.0. The van der Waals surface area contributed by atoms with Gasteiger partial charge in [0.2, 0.25) is 0 Å². The molecule has 1 aromatic carbocycles. The van der Waals surface area contributed by atoms with Crippen molar-refractivity contribution in [2.45, 2.75) is 45.1 Å². The van der Waals surface area contributed by atoms with Crippen LogP contribution in [0.25, 0.3) is 17.0 Å². The molecule has 2 aliphatic carbocycles. The Kier molecular flexibility index (Phi) is 4.88. The van der Waals surface area contributed by atoms with Crippen LogP contribution in [0.4, 0.5) is 0 Å². The third-order valence-electron chi connectivity index (χ3n) is 7.58. The molecule has 148 valence electrons. The topological polar surface area (TPSA) is 31.4 Å². The molecule has 1 saturated heterocycles. The lowest BCUT2D eigenvalue weighted by molar-refractivity contribution is 0.0378. The molecule has 0 spiro atoms. The summed E-state index contributed by atoms with van der Waals surface area (Å²) in [5, 5.41) is 1.12. The Balaban J connectivity index is 1.43. The van der Waals surface area contributed by atoms with Crippen molar-refractivity contribution in [3.8, 4) is 5.75 Å². The van der Waals surface area contributed by atoms with Crippen molar-refractivity contribution in [3.05, 3.63) is 42.1 Å². The minimum atomic E-state index is 0.388. The second kappa shape index (κ2) is 7.51. The molecule has 1 aliphatic heterocycles. The van der Waals surface area contributed by atoms with E-state index in [1.165, 1.54) is 32.1 Å². The van der Waals surface area contributed by atoms with E-state index in [-0.39, 0.29) is 0 Å². The molecule has 28 heavy (non-hydrogen) atoms. The quantitative estimate of drug-likeness (QED) is 0.684. The van der Waals surface area contributed by atoms with Gasteiger partial charge in [-0.1, -0.05) is 31.4 Å². The summed E-state index contributed by atoms with van der Waals surface area (Å²) in [6.07, 6.45) is 12.2. The molecule has 0 radical (unpaired) electrons. The van der Waals surface area contributed by atoms with Crippen molar-refractivity contribution < 1.29 is 9.47 Å². The lowest BCUT2D eigenvalue weighted by Gasteiger charge is -2.46. The van der Waals surface area contributed by atoms with Gasteiger partial charge in [-0.25, -0.2) is 4.98 Å². The van der Waals surface area contributed by atoms with Gasteiger partial charge >= 0.3 is 0 Å². The zero-order chi connectivity index (χ0) is 19.1. The van der Waals surface area contributed by atoms with Crippen LogP contribution in [0.5, 0.6) is 5.75 Å². The summed E-state index contributed by atoms with van der Waals surface area (Å²) in [5.74, 6) is 4.68. The highest BCUT2D eigenvalue weighted by atomic mass is 16.5. The first-order chi connectivity index (χ1) is 13.7. The number of hydrogen-bond donors (Lipinski definition) is 0. The van der Waals surface area contributed by atoms with Crippen molar-refractivity contribution in [1.82, 2.24) is 4.98 Å². The van der Waals surface area contributed by atoms with Gasteiger partial charge in [-0.05, 0) is 79.7 Å². The van der Waals surface area contributed by atoms with Gasteiger partial charge in [0.15, 0.2) is 0 Å². The number of ether oxygens (including phenoxy) is 2. The van der Waals surface area contributed by atoms with E-state index in [2.05, 4.69) is 31.2 Å². The molecule has 3 fully saturated rings. The normalized spacial score (nSPS) is 35.1. The first-order valence-electron chi connectivity index (χ1n) is 11.0. The Bertz CT molecular complexity index is 874. The van der Waals surface area contributed by atoms with Crippen LogP contribution in [0.2, 0.25) is 0 Å². The van der Waals surface area contributed by atoms with Crippen LogP contribution in [-0.2, 0) is 4.74 Å². The number of aromatic nitrogens is 1. The van der Waals surface area contributed by atoms with E-state index < -0.39 is 0 Å². The van der Waals surface area contributed by atoms with Crippen molar-refractivity contribution in [1.29, 1.82) is 0 Å². The Morgan fingerprint density at radius 1 is 1.11 bits per heavy atom. The summed E-state index contributed by atoms with van der Waals surface area (Å²) in [6.45, 7) is 3.26. The fourth-order valence-electron chi connectivity index (χ4n) is 6.26. The number of pyridine rings is 1. The maximum atomic E-state index is 6.11. The molecule has 6 atom stereocenters. The maximum absolute atomic E-state index is 6.11. The molecule has 2 aromatic rings. The highest BCUT2D eigenvalue weighted by molar-refractivity contribution is 5.81. The summed E-state index contributed by atoms with van der Waals surface area (Å²) in [4.78, 5) is 4.87. The molecule has 3 heteroatoms. The van der Waals surface area contributed by atoms with Gasteiger partial charge in [-0.3, -0.25) is 0 Å². The number of fused-ring (bicyclic) bond motifs is 3. The number of methoxy groups -OCH3 is 1. The Labute approximate surface area is 168 Å². The van der Waals surface area contributed by atoms with Crippen molar-refractivity contribution in [2.24, 2.45) is 29.6 Å². The summed E-state index contributed by atoms with van der Waals surface area (Å²) in [6, 6.07) is 10.4. The minimum absolute atomic E-state index is 0.388. The molecule has 0 bridgehead atoms. The standard InChI is InChI=1S/C25H31NO2/c1-16-25-19(15-28-16)13-17-5-3-4-6-22(17)23(25)11-9-20-8-7-18-14-21(27-2)10-12-24(18)26-20/h7-12,14,16-17,19,22-23,25H,3-6,13,15H2,1-2H3/t16-,17?,19?,22?,23?,25?/m0/s1. The fourth-order valence-corrected chi connectivity index (χ4v) is 6.26. The van der Waals surface area contributed by atoms with Crippen molar-refractivity contribution in [3.63, 3.8) is 0 Å². The first kappa shape index (κ1) is 18.2. The highest BCUT2D eigenvalue weighted by Gasteiger charge is 2.49. The third-order valence-corrected chi connectivity index (χ3v) is 7.58. The Hall–Kier alpha value is -1.87. The fraction of sp³-hybridized carbons (Fsp3) is 0.560. The van der Waals surface area contributed by atoms with Crippen molar-refractivity contribution in [2.75, 3.05) is 13.7 Å². The zero-order valence-corrected chi connectivity index (χ0v) is 17.0. The largest absolute Gasteiger partial charge is 0.497 e. The summed E-state index contributed by atoms with van der Waals surface area (Å²) < 4.78 is 11.4. The van der Waals surface area contributed by atoms with E-state index in [4.69, 9.17) is 14.5 Å². The van der Waals surface area contributed by atoms with Crippen LogP contribution in [0, 0.1) is 29.6 Å². The molecule has 5 unspecified atom stereocenters. The lowest BCUT2D eigenvalue weighted by atomic mass is 9.57. The SMILES string of the molecule is COc1ccc2nc(C=CC3C4CCCCC4CC4CO[C@@H](C)C43)ccc2c1. The molecule has 1 aromatic heterocycles. The molecule has 0 N–H and O–H groups in total. The van der Waals surface area contributed by atoms with E-state index in [0.717, 1.165) is 46.7 Å². The molecule has 0 amide bonds. The predicted molar refractivity (Wildman–Crippen MR) is 113 cm³/mol. The molecule has 3 aliphatic rings. The monoisotopic (exact) mass is 377 g/mol. The van der Waals surface area contributed by atoms with E-state index in [9.17, 15) is 0 Å². The van der Waals surface area contributed by atoms with Gasteiger partial charge in [-0.2, -0.15) is 0 Å². The predicted octanol–water partition coefficient (Wildman–Crippen LogP) is 5.73. The van der Waals surface area contributed by atoms with E-state index in [0.29, 0.717) is 17.9 Å². The second-order valence-electron chi connectivity index (χ2n) is 9.05. The number of allylic oxidation sites excluding steroid dienone is 1. The summed E-state index contributed by atoms with van der Waals surface area (Å²) in [7, 11) is 1.70. The van der Waals surface area contributed by atoms with Crippen LogP contribution >= 0.6 is 0 Å². The molecule has 3 nitrogen and oxygen atoms in total. The average molecular weight is 378 g/mol. The van der Waals surface area contributed by atoms with Gasteiger partial charge in [0.05, 0.1) is 31.0 Å². The Morgan fingerprint density at radius 3 is 2.89 bits per heavy atom. The highest BCUT2D eigenvalue weighted by Crippen LogP contribution is 2.53. The van der Waals surface area contributed by atoms with E-state index in [1.54, 1.807) is 7.11 Å². The van der Waals surface area contributed by atoms with Gasteiger partial charge in [0.25, 0.3) is 0 Å². The minimum Gasteiger partial charge on any atom is -0.497 e. The number of benzene rings is 1. The van der Waals surface area contributed by atoms with Crippen molar-refractivity contribution >= 4 is 17.0 Å². The van der Waals surface area contributed by atoms with Gasteiger partial charge in [0.1, 0.15) is 5.75 Å². The molecular formula is C25H31NO2. The van der Waals surface area contributed by atoms with E-state index in [1.807, 2.05) is 18.2 Å². The van der Waals surface area contributed by atoms with Crippen LogP contribution in [0.1, 0.15) is 44.7 Å². The van der Waals surface area contributed by atoms with Crippen LogP contribution in [-0.4, -0.2) is 24.8 Å². The van der Waals surface area contributed by atoms with Crippen LogP contribution in [0.3, 0.4) is 0 Å². The van der Waals surface area contributed by atoms with Gasteiger partial charge in [-0.15, -0.1) is 0 Å². The van der Waals surface area contributed by atoms with Gasteiger partial charge in [0, 0.05) is 5.39 Å². The summed E-state index contributed by atoms with van der Waals surface area (Å²) in [5.41, 5.74) is 2.08. The molecular weight excluding hydrogens is 346 g/mol. The van der Waals surface area contributed by atoms with Crippen LogP contribution < -0.4 is 4.74 Å². The first-order valence-corrected chi connectivity index (χ1v) is 11.0. The lowest BCUT2D eigenvalue weighted by Crippen LogP contribution is -2.42. The molecule has 2 saturated carbocycles. The molecule has 2 heterocycles. The maximum Gasteiger partial charge on any atom is 0.119 e. The summed E-state index contributed by atoms with van der Waals surface area (Å²) >= 11 is 0. The van der Waals surface area contributed by atoms with Gasteiger partial charge < -0.3 is 9.47 Å². The third kappa shape index (κ3) is 3.24. The number of rotatable bonds is 3. The smallest absolute Gasteiger partial charge is 0.119 e. The van der Waals surface area contributed by atoms with Crippen LogP contribution in [0.15, 0.2) is 36.4 Å². The van der Waals surface area contributed by atoms with E-state index >= 15 is 0 Å². The number of nitrogens with zero attached hydrogens (tertiary/aromatic N) is 1.